The van der Waals surface area contributed by atoms with Crippen LogP contribution in [0.25, 0.3) is 11.6 Å². The summed E-state index contributed by atoms with van der Waals surface area (Å²) in [6, 6.07) is 18.3. The van der Waals surface area contributed by atoms with Crippen LogP contribution in [0.2, 0.25) is 0 Å². The first-order chi connectivity index (χ1) is 18.5. The van der Waals surface area contributed by atoms with Gasteiger partial charge in [0.2, 0.25) is 0 Å². The number of ether oxygens (including phenoxy) is 3. The SMILES string of the molecule is COC(=O)c1cccc([N+](=O)[O-])c1N(Cc1ccc2c(c1)Oc1ccccc1C=C2C#N)C(=O)OC(C)(C)C. The highest BCUT2D eigenvalue weighted by molar-refractivity contribution is 6.03. The highest BCUT2D eigenvalue weighted by Crippen LogP contribution is 2.40. The van der Waals surface area contributed by atoms with Crippen molar-refractivity contribution in [1.82, 2.24) is 0 Å². The van der Waals surface area contributed by atoms with Gasteiger partial charge in [-0.1, -0.05) is 30.3 Å². The molecule has 0 spiro atoms. The molecule has 0 saturated heterocycles. The number of para-hydroxylation sites is 2. The molecule has 0 bridgehead atoms. The molecule has 1 aliphatic rings. The van der Waals surface area contributed by atoms with Crippen molar-refractivity contribution in [3.05, 3.63) is 93.0 Å². The summed E-state index contributed by atoms with van der Waals surface area (Å²) in [5.74, 6) is 0.0508. The summed E-state index contributed by atoms with van der Waals surface area (Å²) >= 11 is 0. The van der Waals surface area contributed by atoms with Crippen LogP contribution >= 0.6 is 0 Å². The lowest BCUT2D eigenvalue weighted by atomic mass is 10.0. The van der Waals surface area contributed by atoms with Crippen LogP contribution in [-0.4, -0.2) is 29.7 Å². The minimum atomic E-state index is -0.933. The number of nitriles is 1. The maximum atomic E-state index is 13.5. The third-order valence-corrected chi connectivity index (χ3v) is 5.74. The number of methoxy groups -OCH3 is 1. The van der Waals surface area contributed by atoms with Crippen molar-refractivity contribution in [3.8, 4) is 17.6 Å². The van der Waals surface area contributed by atoms with Gasteiger partial charge in [0, 0.05) is 17.2 Å². The number of hydrogen-bond donors (Lipinski definition) is 0. The summed E-state index contributed by atoms with van der Waals surface area (Å²) in [5, 5.41) is 21.8. The van der Waals surface area contributed by atoms with E-state index >= 15 is 0 Å². The number of hydrogen-bond acceptors (Lipinski definition) is 8. The van der Waals surface area contributed by atoms with Gasteiger partial charge in [0.05, 0.1) is 35.8 Å². The van der Waals surface area contributed by atoms with E-state index in [2.05, 4.69) is 6.07 Å². The molecule has 3 aromatic rings. The second-order valence-electron chi connectivity index (χ2n) is 9.63. The van der Waals surface area contributed by atoms with Crippen LogP contribution in [0, 0.1) is 21.4 Å². The standard InChI is InChI=1S/C29H25N3O7/c1-29(2,3)39-28(34)31(26-22(27(33)37-4)9-7-10-23(26)32(35)36)17-18-12-13-21-20(16-30)15-19-8-5-6-11-24(19)38-25(21)14-18/h5-15H,17H2,1-4H3. The van der Waals surface area contributed by atoms with Gasteiger partial charge in [-0.3, -0.25) is 15.0 Å². The number of esters is 1. The smallest absolute Gasteiger partial charge is 0.415 e. The average Bonchev–Trinajstić information content (AvgIpc) is 3.05. The molecule has 10 nitrogen and oxygen atoms in total. The summed E-state index contributed by atoms with van der Waals surface area (Å²) in [5.41, 5.74) is 0.319. The molecule has 1 heterocycles. The van der Waals surface area contributed by atoms with Gasteiger partial charge in [0.1, 0.15) is 22.8 Å². The number of rotatable bonds is 5. The molecule has 0 aromatic heterocycles. The zero-order valence-corrected chi connectivity index (χ0v) is 21.8. The molecule has 1 amide bonds. The van der Waals surface area contributed by atoms with Crippen molar-refractivity contribution < 1.29 is 28.7 Å². The molecule has 10 heteroatoms. The Morgan fingerprint density at radius 2 is 1.82 bits per heavy atom. The Morgan fingerprint density at radius 3 is 2.49 bits per heavy atom. The minimum Gasteiger partial charge on any atom is -0.465 e. The van der Waals surface area contributed by atoms with E-state index in [4.69, 9.17) is 14.2 Å². The zero-order chi connectivity index (χ0) is 28.3. The van der Waals surface area contributed by atoms with E-state index < -0.39 is 28.3 Å². The first-order valence-corrected chi connectivity index (χ1v) is 11.9. The monoisotopic (exact) mass is 527 g/mol. The third-order valence-electron chi connectivity index (χ3n) is 5.74. The summed E-state index contributed by atoms with van der Waals surface area (Å²) in [6.45, 7) is 4.76. The number of nitro benzene ring substituents is 1. The first-order valence-electron chi connectivity index (χ1n) is 11.9. The Kier molecular flexibility index (Phi) is 7.36. The van der Waals surface area contributed by atoms with E-state index in [0.717, 1.165) is 17.6 Å². The first kappa shape index (κ1) is 26.9. The number of nitro groups is 1. The van der Waals surface area contributed by atoms with E-state index in [1.165, 1.54) is 18.2 Å². The van der Waals surface area contributed by atoms with Crippen LogP contribution in [0.1, 0.15) is 47.8 Å². The molecule has 0 unspecified atom stereocenters. The second kappa shape index (κ2) is 10.7. The number of benzene rings is 3. The van der Waals surface area contributed by atoms with Crippen molar-refractivity contribution in [2.45, 2.75) is 32.9 Å². The molecule has 0 saturated carbocycles. The molecule has 0 atom stereocenters. The second-order valence-corrected chi connectivity index (χ2v) is 9.63. The van der Waals surface area contributed by atoms with Gasteiger partial charge in [0.15, 0.2) is 0 Å². The lowest BCUT2D eigenvalue weighted by Crippen LogP contribution is -2.37. The predicted molar refractivity (Wildman–Crippen MR) is 143 cm³/mol. The predicted octanol–water partition coefficient (Wildman–Crippen LogP) is 6.49. The van der Waals surface area contributed by atoms with Crippen molar-refractivity contribution >= 4 is 35.1 Å². The van der Waals surface area contributed by atoms with E-state index in [0.29, 0.717) is 28.2 Å². The number of allylic oxidation sites excluding steroid dienone is 1. The van der Waals surface area contributed by atoms with Crippen molar-refractivity contribution in [3.63, 3.8) is 0 Å². The zero-order valence-electron chi connectivity index (χ0n) is 21.8. The van der Waals surface area contributed by atoms with Gasteiger partial charge in [-0.2, -0.15) is 5.26 Å². The summed E-state index contributed by atoms with van der Waals surface area (Å²) < 4.78 is 16.5. The van der Waals surface area contributed by atoms with E-state index in [1.807, 2.05) is 12.1 Å². The molecule has 1 aliphatic heterocycles. The van der Waals surface area contributed by atoms with Gasteiger partial charge in [-0.25, -0.2) is 9.59 Å². The Balaban J connectivity index is 1.85. The topological polar surface area (TPSA) is 132 Å². The van der Waals surface area contributed by atoms with E-state index in [1.54, 1.807) is 57.2 Å². The van der Waals surface area contributed by atoms with Crippen LogP contribution in [0.15, 0.2) is 60.7 Å². The van der Waals surface area contributed by atoms with Gasteiger partial charge in [-0.05, 0) is 56.7 Å². The van der Waals surface area contributed by atoms with Gasteiger partial charge >= 0.3 is 12.1 Å². The van der Waals surface area contributed by atoms with Crippen molar-refractivity contribution in [1.29, 1.82) is 5.26 Å². The summed E-state index contributed by atoms with van der Waals surface area (Å²) in [6.07, 6.45) is 0.824. The molecule has 3 aromatic carbocycles. The molecule has 0 N–H and O–H groups in total. The Labute approximate surface area is 224 Å². The highest BCUT2D eigenvalue weighted by Gasteiger charge is 2.33. The van der Waals surface area contributed by atoms with E-state index in [9.17, 15) is 25.0 Å². The maximum absolute atomic E-state index is 13.5. The molecule has 39 heavy (non-hydrogen) atoms. The number of nitrogens with zero attached hydrogens (tertiary/aromatic N) is 3. The fraction of sp³-hybridized carbons (Fsp3) is 0.207. The Bertz CT molecular complexity index is 1550. The van der Waals surface area contributed by atoms with Crippen molar-refractivity contribution in [2.24, 2.45) is 0 Å². The molecule has 4 rings (SSSR count). The Hall–Kier alpha value is -5.17. The van der Waals surface area contributed by atoms with Crippen LogP contribution in [-0.2, 0) is 16.0 Å². The largest absolute Gasteiger partial charge is 0.465 e. The summed E-state index contributed by atoms with van der Waals surface area (Å²) in [4.78, 5) is 38.4. The van der Waals surface area contributed by atoms with Crippen LogP contribution in [0.3, 0.4) is 0 Å². The summed E-state index contributed by atoms with van der Waals surface area (Å²) in [7, 11) is 1.14. The quantitative estimate of drug-likeness (QED) is 0.209. The number of fused-ring (bicyclic) bond motifs is 2. The van der Waals surface area contributed by atoms with Crippen LogP contribution in [0.4, 0.5) is 16.2 Å². The van der Waals surface area contributed by atoms with Crippen LogP contribution in [0.5, 0.6) is 11.5 Å². The number of anilines is 1. The van der Waals surface area contributed by atoms with Gasteiger partial charge < -0.3 is 14.2 Å². The maximum Gasteiger partial charge on any atom is 0.415 e. The molecule has 198 valence electrons. The van der Waals surface area contributed by atoms with Crippen LogP contribution < -0.4 is 9.64 Å². The van der Waals surface area contributed by atoms with Crippen molar-refractivity contribution in [2.75, 3.05) is 12.0 Å². The van der Waals surface area contributed by atoms with Gasteiger partial charge in [-0.15, -0.1) is 0 Å². The average molecular weight is 528 g/mol. The molecule has 0 aliphatic carbocycles. The number of carbonyl (C=O) groups excluding carboxylic acids is 2. The van der Waals surface area contributed by atoms with E-state index in [-0.39, 0.29) is 17.8 Å². The molecule has 0 fully saturated rings. The third kappa shape index (κ3) is 5.72. The number of amides is 1. The van der Waals surface area contributed by atoms with Gasteiger partial charge in [0.25, 0.3) is 5.69 Å². The minimum absolute atomic E-state index is 0.174. The molecular formula is C29H25N3O7. The molecule has 0 radical (unpaired) electrons. The molecular weight excluding hydrogens is 502 g/mol. The fourth-order valence-corrected chi connectivity index (χ4v) is 4.08. The fourth-order valence-electron chi connectivity index (χ4n) is 4.08. The Morgan fingerprint density at radius 1 is 1.08 bits per heavy atom. The normalized spacial score (nSPS) is 11.9. The highest BCUT2D eigenvalue weighted by atomic mass is 16.6. The number of carbonyl (C=O) groups is 2. The lowest BCUT2D eigenvalue weighted by Gasteiger charge is -2.28. The lowest BCUT2D eigenvalue weighted by molar-refractivity contribution is -0.384.